The Balaban J connectivity index is 2.41. The Morgan fingerprint density at radius 2 is 2.10 bits per heavy atom. The van der Waals surface area contributed by atoms with Crippen molar-refractivity contribution in [2.24, 2.45) is 0 Å². The molecule has 1 fully saturated rings. The van der Waals surface area contributed by atoms with E-state index in [1.807, 2.05) is 0 Å². The first kappa shape index (κ1) is 7.92. The fraction of sp³-hybridized carbons (Fsp3) is 1.00. The summed E-state index contributed by atoms with van der Waals surface area (Å²) < 4.78 is 25.2. The summed E-state index contributed by atoms with van der Waals surface area (Å²) in [6, 6.07) is 0. The van der Waals surface area contributed by atoms with Gasteiger partial charge in [-0.2, -0.15) is 0 Å². The van der Waals surface area contributed by atoms with Gasteiger partial charge in [-0.25, -0.2) is 8.78 Å². The fourth-order valence-electron chi connectivity index (χ4n) is 1.23. The molecule has 0 bridgehead atoms. The van der Waals surface area contributed by atoms with E-state index in [0.717, 1.165) is 13.0 Å². The van der Waals surface area contributed by atoms with Crippen molar-refractivity contribution in [2.75, 3.05) is 19.8 Å². The van der Waals surface area contributed by atoms with E-state index in [0.29, 0.717) is 19.4 Å². The molecular weight excluding hydrogens is 136 g/mol. The van der Waals surface area contributed by atoms with Crippen molar-refractivity contribution in [1.29, 1.82) is 0 Å². The van der Waals surface area contributed by atoms with Crippen LogP contribution in [-0.2, 0) is 0 Å². The molecule has 1 aliphatic rings. The molecule has 1 rings (SSSR count). The van der Waals surface area contributed by atoms with Gasteiger partial charge in [0.25, 0.3) is 0 Å². The molecule has 0 aliphatic carbocycles. The van der Waals surface area contributed by atoms with Crippen molar-refractivity contribution < 1.29 is 8.78 Å². The summed E-state index contributed by atoms with van der Waals surface area (Å²) in [5.41, 5.74) is -1.52. The molecule has 0 spiro atoms. The number of halogens is 2. The Hall–Kier alpha value is -0.180. The maximum atomic E-state index is 13.1. The molecule has 0 aromatic carbocycles. The van der Waals surface area contributed by atoms with Crippen LogP contribution in [0.15, 0.2) is 0 Å². The molecule has 0 aromatic heterocycles. The quantitative estimate of drug-likeness (QED) is 0.594. The Bertz CT molecular complexity index is 97.8. The first-order chi connectivity index (χ1) is 4.77. The third-order valence-corrected chi connectivity index (χ3v) is 1.97. The molecule has 3 heteroatoms. The summed E-state index contributed by atoms with van der Waals surface area (Å²) in [6.07, 6.45) is 1.44. The van der Waals surface area contributed by atoms with Crippen LogP contribution in [0.1, 0.15) is 19.3 Å². The van der Waals surface area contributed by atoms with Gasteiger partial charge in [-0.1, -0.05) is 0 Å². The van der Waals surface area contributed by atoms with Crippen LogP contribution in [0.3, 0.4) is 0 Å². The lowest BCUT2D eigenvalue weighted by molar-refractivity contribution is 0.105. The van der Waals surface area contributed by atoms with Crippen molar-refractivity contribution in [3.8, 4) is 0 Å². The van der Waals surface area contributed by atoms with Gasteiger partial charge in [0.15, 0.2) is 0 Å². The second-order valence-electron chi connectivity index (χ2n) is 2.89. The van der Waals surface area contributed by atoms with Gasteiger partial charge in [0.2, 0.25) is 0 Å². The lowest BCUT2D eigenvalue weighted by Crippen LogP contribution is -2.26. The van der Waals surface area contributed by atoms with Gasteiger partial charge in [0.05, 0.1) is 0 Å². The summed E-state index contributed by atoms with van der Waals surface area (Å²) in [4.78, 5) is 0. The average molecular weight is 149 g/mol. The van der Waals surface area contributed by atoms with Gasteiger partial charge in [-0.05, 0) is 32.4 Å². The molecule has 0 radical (unpaired) electrons. The van der Waals surface area contributed by atoms with Crippen molar-refractivity contribution in [3.63, 3.8) is 0 Å². The highest BCUT2D eigenvalue weighted by atomic mass is 19.2. The van der Waals surface area contributed by atoms with E-state index in [-0.39, 0.29) is 0 Å². The maximum Gasteiger partial charge on any atom is 0.140 e. The van der Waals surface area contributed by atoms with Gasteiger partial charge >= 0.3 is 0 Å². The zero-order chi connectivity index (χ0) is 7.45. The summed E-state index contributed by atoms with van der Waals surface area (Å²) >= 11 is 0. The van der Waals surface area contributed by atoms with Crippen LogP contribution < -0.4 is 5.32 Å². The molecule has 1 N–H and O–H groups in total. The number of hydrogen-bond acceptors (Lipinski definition) is 1. The highest BCUT2D eigenvalue weighted by molar-refractivity contribution is 4.81. The van der Waals surface area contributed by atoms with Gasteiger partial charge < -0.3 is 5.32 Å². The van der Waals surface area contributed by atoms with E-state index in [2.05, 4.69) is 5.32 Å². The normalized spacial score (nSPS) is 35.4. The molecule has 10 heavy (non-hydrogen) atoms. The first-order valence-electron chi connectivity index (χ1n) is 3.72. The van der Waals surface area contributed by atoms with E-state index in [1.54, 1.807) is 0 Å². The number of alkyl halides is 2. The lowest BCUT2D eigenvalue weighted by atomic mass is 9.99. The van der Waals surface area contributed by atoms with Crippen molar-refractivity contribution in [2.45, 2.75) is 24.9 Å². The highest BCUT2D eigenvalue weighted by Gasteiger charge is 2.29. The van der Waals surface area contributed by atoms with Crippen molar-refractivity contribution >= 4 is 0 Å². The molecule has 0 aromatic rings. The summed E-state index contributed by atoms with van der Waals surface area (Å²) in [6.45, 7) is 0.612. The second-order valence-corrected chi connectivity index (χ2v) is 2.89. The summed E-state index contributed by atoms with van der Waals surface area (Å²) in [5, 5.41) is 3.03. The number of rotatable bonds is 1. The Morgan fingerprint density at radius 3 is 2.80 bits per heavy atom. The topological polar surface area (TPSA) is 12.0 Å². The number of nitrogens with one attached hydrogen (secondary N) is 1. The minimum absolute atomic E-state index is 0.323. The zero-order valence-electron chi connectivity index (χ0n) is 6.00. The molecule has 1 atom stereocenters. The minimum Gasteiger partial charge on any atom is -0.317 e. The summed E-state index contributed by atoms with van der Waals surface area (Å²) in [7, 11) is 0. The van der Waals surface area contributed by atoms with Crippen LogP contribution in [0.5, 0.6) is 0 Å². The Morgan fingerprint density at radius 1 is 1.30 bits per heavy atom. The molecule has 1 aliphatic heterocycles. The molecule has 1 saturated heterocycles. The van der Waals surface area contributed by atoms with Gasteiger partial charge in [-0.3, -0.25) is 0 Å². The van der Waals surface area contributed by atoms with Gasteiger partial charge in [0.1, 0.15) is 12.3 Å². The first-order valence-corrected chi connectivity index (χ1v) is 3.72. The average Bonchev–Trinajstić information content (AvgIpc) is 2.15. The van der Waals surface area contributed by atoms with Crippen LogP contribution in [0.4, 0.5) is 8.78 Å². The fourth-order valence-corrected chi connectivity index (χ4v) is 1.23. The smallest absolute Gasteiger partial charge is 0.140 e. The van der Waals surface area contributed by atoms with E-state index in [9.17, 15) is 8.78 Å². The highest BCUT2D eigenvalue weighted by Crippen LogP contribution is 2.24. The predicted molar refractivity (Wildman–Crippen MR) is 36.5 cm³/mol. The monoisotopic (exact) mass is 149 g/mol. The van der Waals surface area contributed by atoms with E-state index >= 15 is 0 Å². The van der Waals surface area contributed by atoms with Crippen LogP contribution >= 0.6 is 0 Å². The van der Waals surface area contributed by atoms with Crippen molar-refractivity contribution in [1.82, 2.24) is 5.32 Å². The molecule has 1 unspecified atom stereocenters. The molecular formula is C7H13F2N. The van der Waals surface area contributed by atoms with Gasteiger partial charge in [0, 0.05) is 0 Å². The molecule has 1 heterocycles. The molecule has 60 valence electrons. The standard InChI is InChI=1S/C7H13F2N/c8-6-7(9)2-1-4-10-5-3-7/h10H,1-6H2. The predicted octanol–water partition coefficient (Wildman–Crippen LogP) is 1.44. The largest absolute Gasteiger partial charge is 0.317 e. The van der Waals surface area contributed by atoms with Gasteiger partial charge in [-0.15, -0.1) is 0 Å². The third-order valence-electron chi connectivity index (χ3n) is 1.97. The van der Waals surface area contributed by atoms with E-state index in [1.165, 1.54) is 0 Å². The van der Waals surface area contributed by atoms with Crippen molar-refractivity contribution in [3.05, 3.63) is 0 Å². The summed E-state index contributed by atoms with van der Waals surface area (Å²) in [5.74, 6) is 0. The Labute approximate surface area is 59.8 Å². The lowest BCUT2D eigenvalue weighted by Gasteiger charge is -2.17. The molecule has 0 saturated carbocycles. The SMILES string of the molecule is FCC1(F)CCCNCC1. The molecule has 0 amide bonds. The zero-order valence-corrected chi connectivity index (χ0v) is 6.00. The molecule has 1 nitrogen and oxygen atoms in total. The van der Waals surface area contributed by atoms with Crippen LogP contribution in [0.2, 0.25) is 0 Å². The van der Waals surface area contributed by atoms with Crippen LogP contribution in [0.25, 0.3) is 0 Å². The maximum absolute atomic E-state index is 13.1. The third kappa shape index (κ3) is 1.90. The second kappa shape index (κ2) is 3.28. The van der Waals surface area contributed by atoms with E-state index < -0.39 is 12.3 Å². The Kier molecular flexibility index (Phi) is 2.60. The minimum atomic E-state index is -1.52. The number of hydrogen-bond donors (Lipinski definition) is 1. The van der Waals surface area contributed by atoms with Crippen LogP contribution in [-0.4, -0.2) is 25.4 Å². The van der Waals surface area contributed by atoms with E-state index in [4.69, 9.17) is 0 Å². The van der Waals surface area contributed by atoms with Crippen LogP contribution in [0, 0.1) is 0 Å².